The van der Waals surface area contributed by atoms with Crippen molar-refractivity contribution >= 4 is 15.8 Å². The van der Waals surface area contributed by atoms with Crippen molar-refractivity contribution < 1.29 is 13.2 Å². The number of sulfonamides is 1. The molecule has 0 amide bonds. The lowest BCUT2D eigenvalue weighted by Crippen LogP contribution is -2.49. The van der Waals surface area contributed by atoms with E-state index >= 15 is 0 Å². The predicted molar refractivity (Wildman–Crippen MR) is 131 cm³/mol. The van der Waals surface area contributed by atoms with Crippen molar-refractivity contribution in [3.8, 4) is 5.69 Å². The van der Waals surface area contributed by atoms with Gasteiger partial charge in [-0.3, -0.25) is 9.69 Å². The van der Waals surface area contributed by atoms with Crippen LogP contribution < -0.4 is 0 Å². The Bertz CT molecular complexity index is 1270. The largest absolute Gasteiger partial charge is 0.318 e. The molecule has 0 atom stereocenters. The predicted octanol–water partition coefficient (Wildman–Crippen LogP) is 3.90. The first-order chi connectivity index (χ1) is 15.7. The van der Waals surface area contributed by atoms with Crippen LogP contribution in [0.5, 0.6) is 0 Å². The van der Waals surface area contributed by atoms with Gasteiger partial charge in [0.2, 0.25) is 10.0 Å². The number of aromatic nitrogens is 1. The first kappa shape index (κ1) is 23.4. The van der Waals surface area contributed by atoms with E-state index in [1.54, 1.807) is 12.1 Å². The third kappa shape index (κ3) is 4.67. The summed E-state index contributed by atoms with van der Waals surface area (Å²) >= 11 is 0. The summed E-state index contributed by atoms with van der Waals surface area (Å²) in [7, 11) is -3.53. The number of aryl methyl sites for hydroxylation is 3. The molecule has 3 aromatic rings. The van der Waals surface area contributed by atoms with Crippen LogP contribution in [0.1, 0.15) is 32.9 Å². The number of benzene rings is 2. The fourth-order valence-electron chi connectivity index (χ4n) is 4.46. The maximum atomic E-state index is 13.1. The van der Waals surface area contributed by atoms with E-state index in [4.69, 9.17) is 0 Å². The molecule has 1 saturated heterocycles. The van der Waals surface area contributed by atoms with E-state index in [0.717, 1.165) is 33.8 Å². The lowest BCUT2D eigenvalue weighted by atomic mass is 10.1. The second kappa shape index (κ2) is 9.25. The van der Waals surface area contributed by atoms with E-state index in [1.165, 1.54) is 4.31 Å². The Balaban J connectivity index is 1.42. The molecule has 0 spiro atoms. The van der Waals surface area contributed by atoms with Crippen LogP contribution in [0.4, 0.5) is 0 Å². The van der Waals surface area contributed by atoms with Gasteiger partial charge in [0.05, 0.1) is 11.4 Å². The number of ketones is 1. The number of carbonyl (C=O) groups excluding carboxylic acids is 1. The zero-order valence-electron chi connectivity index (χ0n) is 19.7. The van der Waals surface area contributed by atoms with Crippen LogP contribution in [-0.4, -0.2) is 60.7 Å². The third-order valence-electron chi connectivity index (χ3n) is 6.56. The van der Waals surface area contributed by atoms with Crippen molar-refractivity contribution in [1.29, 1.82) is 0 Å². The maximum absolute atomic E-state index is 13.1. The Morgan fingerprint density at radius 1 is 0.848 bits per heavy atom. The number of nitrogens with zero attached hydrogens (tertiary/aromatic N) is 3. The molecular formula is C26H31N3O3S. The molecule has 0 aliphatic carbocycles. The first-order valence-corrected chi connectivity index (χ1v) is 12.7. The summed E-state index contributed by atoms with van der Waals surface area (Å²) in [6, 6.07) is 17.2. The quantitative estimate of drug-likeness (QED) is 0.518. The lowest BCUT2D eigenvalue weighted by Gasteiger charge is -2.33. The average molecular weight is 466 g/mol. The van der Waals surface area contributed by atoms with E-state index in [-0.39, 0.29) is 12.3 Å². The fourth-order valence-corrected chi connectivity index (χ4v) is 5.97. The molecule has 33 heavy (non-hydrogen) atoms. The number of carbonyl (C=O) groups is 1. The highest BCUT2D eigenvalue weighted by molar-refractivity contribution is 7.89. The lowest BCUT2D eigenvalue weighted by molar-refractivity contribution is 0.0901. The van der Waals surface area contributed by atoms with Gasteiger partial charge < -0.3 is 4.57 Å². The van der Waals surface area contributed by atoms with Crippen molar-refractivity contribution in [2.75, 3.05) is 32.7 Å². The summed E-state index contributed by atoms with van der Waals surface area (Å²) in [5.74, 6) is 0.0655. The van der Waals surface area contributed by atoms with Crippen LogP contribution in [0.3, 0.4) is 0 Å². The summed E-state index contributed by atoms with van der Waals surface area (Å²) in [6.07, 6.45) is 0. The van der Waals surface area contributed by atoms with Gasteiger partial charge >= 0.3 is 0 Å². The molecule has 1 aromatic heterocycles. The second-order valence-electron chi connectivity index (χ2n) is 8.81. The van der Waals surface area contributed by atoms with Crippen molar-refractivity contribution in [1.82, 2.24) is 13.8 Å². The normalized spacial score (nSPS) is 15.6. The van der Waals surface area contributed by atoms with E-state index in [1.807, 2.05) is 75.1 Å². The van der Waals surface area contributed by atoms with Crippen LogP contribution in [0.2, 0.25) is 0 Å². The van der Waals surface area contributed by atoms with Gasteiger partial charge in [-0.15, -0.1) is 0 Å². The van der Waals surface area contributed by atoms with Crippen LogP contribution in [0.25, 0.3) is 5.69 Å². The molecule has 1 aliphatic heterocycles. The number of para-hydroxylation sites is 1. The van der Waals surface area contributed by atoms with Gasteiger partial charge in [-0.05, 0) is 69.2 Å². The molecule has 0 radical (unpaired) electrons. The maximum Gasteiger partial charge on any atom is 0.243 e. The molecule has 1 aliphatic rings. The summed E-state index contributed by atoms with van der Waals surface area (Å²) in [4.78, 5) is 15.5. The van der Waals surface area contributed by atoms with Crippen LogP contribution in [-0.2, 0) is 10.0 Å². The smallest absolute Gasteiger partial charge is 0.243 e. The topological polar surface area (TPSA) is 62.6 Å². The third-order valence-corrected chi connectivity index (χ3v) is 8.46. The Hall–Kier alpha value is -2.74. The Labute approximate surface area is 196 Å². The summed E-state index contributed by atoms with van der Waals surface area (Å²) in [5, 5.41) is 0. The van der Waals surface area contributed by atoms with Gasteiger partial charge in [0.25, 0.3) is 0 Å². The van der Waals surface area contributed by atoms with Crippen LogP contribution in [0, 0.1) is 27.7 Å². The zero-order chi connectivity index (χ0) is 23.8. The SMILES string of the molecule is Cc1ccc(S(=O)(=O)N2CCN(CC(=O)c3cc(C)n(-c4ccccc4)c3C)CC2)cc1C. The molecular weight excluding hydrogens is 434 g/mol. The average Bonchev–Trinajstić information content (AvgIpc) is 3.10. The molecule has 174 valence electrons. The van der Waals surface area contributed by atoms with Crippen LogP contribution >= 0.6 is 0 Å². The van der Waals surface area contributed by atoms with Crippen molar-refractivity contribution in [3.63, 3.8) is 0 Å². The van der Waals surface area contributed by atoms with Gasteiger partial charge in [0.1, 0.15) is 0 Å². The highest BCUT2D eigenvalue weighted by Gasteiger charge is 2.30. The zero-order valence-corrected chi connectivity index (χ0v) is 20.5. The standard InChI is InChI=1S/C26H31N3O3S/c1-19-10-11-24(16-20(19)2)33(31,32)28-14-12-27(13-15-28)18-26(30)25-17-21(3)29(22(25)4)23-8-6-5-7-9-23/h5-11,16-17H,12-15,18H2,1-4H3. The van der Waals surface area contributed by atoms with Crippen molar-refractivity contribution in [2.45, 2.75) is 32.6 Å². The molecule has 0 unspecified atom stereocenters. The fraction of sp³-hybridized carbons (Fsp3) is 0.346. The molecule has 0 saturated carbocycles. The van der Waals surface area contributed by atoms with E-state index in [0.29, 0.717) is 31.1 Å². The molecule has 6 nitrogen and oxygen atoms in total. The van der Waals surface area contributed by atoms with Gasteiger partial charge in [0, 0.05) is 48.8 Å². The summed E-state index contributed by atoms with van der Waals surface area (Å²) in [6.45, 7) is 9.99. The molecule has 2 aromatic carbocycles. The molecule has 1 fully saturated rings. The number of hydrogen-bond acceptors (Lipinski definition) is 4. The first-order valence-electron chi connectivity index (χ1n) is 11.3. The van der Waals surface area contributed by atoms with Crippen LogP contribution in [0.15, 0.2) is 59.5 Å². The minimum absolute atomic E-state index is 0.0655. The van der Waals surface area contributed by atoms with Gasteiger partial charge in [-0.1, -0.05) is 24.3 Å². The minimum Gasteiger partial charge on any atom is -0.318 e. The van der Waals surface area contributed by atoms with Crippen molar-refractivity contribution in [2.24, 2.45) is 0 Å². The second-order valence-corrected chi connectivity index (χ2v) is 10.7. The number of piperazine rings is 1. The van der Waals surface area contributed by atoms with E-state index < -0.39 is 10.0 Å². The molecule has 0 bridgehead atoms. The minimum atomic E-state index is -3.53. The van der Waals surface area contributed by atoms with E-state index in [2.05, 4.69) is 4.57 Å². The Kier molecular flexibility index (Phi) is 6.56. The van der Waals surface area contributed by atoms with Gasteiger partial charge in [0.15, 0.2) is 5.78 Å². The monoisotopic (exact) mass is 465 g/mol. The molecule has 4 rings (SSSR count). The number of rotatable bonds is 6. The van der Waals surface area contributed by atoms with Crippen molar-refractivity contribution in [3.05, 3.63) is 82.7 Å². The van der Waals surface area contributed by atoms with Gasteiger partial charge in [-0.25, -0.2) is 8.42 Å². The Morgan fingerprint density at radius 2 is 1.52 bits per heavy atom. The summed E-state index contributed by atoms with van der Waals surface area (Å²) in [5.41, 5.74) is 5.75. The summed E-state index contributed by atoms with van der Waals surface area (Å²) < 4.78 is 29.7. The molecule has 2 heterocycles. The Morgan fingerprint density at radius 3 is 2.15 bits per heavy atom. The van der Waals surface area contributed by atoms with Gasteiger partial charge in [-0.2, -0.15) is 4.31 Å². The number of Topliss-reactive ketones (excluding diaryl/α,β-unsaturated/α-hetero) is 1. The molecule has 0 N–H and O–H groups in total. The van der Waals surface area contributed by atoms with E-state index in [9.17, 15) is 13.2 Å². The highest BCUT2D eigenvalue weighted by Crippen LogP contribution is 2.23. The highest BCUT2D eigenvalue weighted by atomic mass is 32.2. The number of hydrogen-bond donors (Lipinski definition) is 0. The molecule has 7 heteroatoms.